The molecule has 0 saturated carbocycles. The lowest BCUT2D eigenvalue weighted by Crippen LogP contribution is -2.63. The van der Waals surface area contributed by atoms with Crippen LogP contribution in [-0.2, 0) is 22.6 Å². The van der Waals surface area contributed by atoms with Gasteiger partial charge >= 0.3 is 0 Å². The van der Waals surface area contributed by atoms with Gasteiger partial charge in [0.2, 0.25) is 5.78 Å². The molecule has 0 spiro atoms. The van der Waals surface area contributed by atoms with Gasteiger partial charge in [-0.05, 0) is 99.6 Å². The first-order chi connectivity index (χ1) is 21.8. The van der Waals surface area contributed by atoms with Crippen LogP contribution in [0, 0.1) is 17.8 Å². The van der Waals surface area contributed by atoms with Crippen LogP contribution in [0.25, 0.3) is 11.1 Å². The van der Waals surface area contributed by atoms with Crippen LogP contribution >= 0.6 is 0 Å². The molecule has 1 amide bonds. The summed E-state index contributed by atoms with van der Waals surface area (Å²) in [7, 11) is 4.78. The molecular formula is C35H41N3O8. The molecular weight excluding hydrogens is 590 g/mol. The summed E-state index contributed by atoms with van der Waals surface area (Å²) in [6.45, 7) is 5.07. The minimum absolute atomic E-state index is 0.0193. The van der Waals surface area contributed by atoms with Crippen molar-refractivity contribution in [3.8, 4) is 22.6 Å². The predicted molar refractivity (Wildman–Crippen MR) is 169 cm³/mol. The second-order valence-electron chi connectivity index (χ2n) is 13.4. The Morgan fingerprint density at radius 2 is 1.78 bits per heavy atom. The number of aromatic hydroxyl groups is 1. The number of aliphatic hydroxyl groups excluding tert-OH is 2. The maximum Gasteiger partial charge on any atom is 0.255 e. The highest BCUT2D eigenvalue weighted by Crippen LogP contribution is 2.53. The van der Waals surface area contributed by atoms with Crippen molar-refractivity contribution in [3.05, 3.63) is 69.7 Å². The van der Waals surface area contributed by atoms with E-state index >= 15 is 0 Å². The highest BCUT2D eigenvalue weighted by atomic mass is 16.5. The SMILES string of the molecule is COc1ccc(CN2CCC(C)CC2)cc1-c1ccc(O)c2c1C[C@H]1C[C@H]3[C@H](N(C)C)C(O)=C(C(N)=O)C(=O)[C@@]3(O)C(O)=C1C2=O. The molecule has 4 aliphatic rings. The third-order valence-electron chi connectivity index (χ3n) is 10.4. The third-order valence-corrected chi connectivity index (χ3v) is 10.4. The van der Waals surface area contributed by atoms with E-state index in [1.165, 1.54) is 11.0 Å². The molecule has 4 atom stereocenters. The number of likely N-dealkylation sites (N-methyl/N-ethyl adjacent to an activating group) is 1. The number of methoxy groups -OCH3 is 1. The fourth-order valence-electron chi connectivity index (χ4n) is 8.05. The number of aliphatic hydroxyl groups is 3. The Morgan fingerprint density at radius 3 is 2.41 bits per heavy atom. The van der Waals surface area contributed by atoms with E-state index in [0.717, 1.165) is 43.6 Å². The number of phenolic OH excluding ortho intramolecular Hbond substituents is 1. The van der Waals surface area contributed by atoms with Crippen molar-refractivity contribution < 1.29 is 39.5 Å². The van der Waals surface area contributed by atoms with Crippen molar-refractivity contribution in [2.45, 2.75) is 50.8 Å². The van der Waals surface area contributed by atoms with Crippen molar-refractivity contribution in [1.82, 2.24) is 9.80 Å². The van der Waals surface area contributed by atoms with Crippen LogP contribution in [0.5, 0.6) is 11.5 Å². The van der Waals surface area contributed by atoms with Crippen molar-refractivity contribution in [2.24, 2.45) is 23.5 Å². The van der Waals surface area contributed by atoms with Gasteiger partial charge in [0.05, 0.1) is 18.7 Å². The minimum Gasteiger partial charge on any atom is -0.510 e. The maximum atomic E-state index is 14.2. The number of nitrogens with two attached hydrogens (primary N) is 1. The molecule has 2 aromatic rings. The molecule has 1 fully saturated rings. The zero-order valence-electron chi connectivity index (χ0n) is 26.5. The molecule has 0 aromatic heterocycles. The third kappa shape index (κ3) is 4.80. The van der Waals surface area contributed by atoms with Gasteiger partial charge in [0.15, 0.2) is 11.4 Å². The molecule has 11 nitrogen and oxygen atoms in total. The number of allylic oxidation sites excluding steroid dienone is 1. The largest absolute Gasteiger partial charge is 0.510 e. The zero-order valence-corrected chi connectivity index (χ0v) is 26.5. The molecule has 6 N–H and O–H groups in total. The van der Waals surface area contributed by atoms with Crippen LogP contribution in [0.4, 0.5) is 0 Å². The van der Waals surface area contributed by atoms with E-state index < -0.39 is 58.0 Å². The van der Waals surface area contributed by atoms with Gasteiger partial charge in [0, 0.05) is 23.6 Å². The number of fused-ring (bicyclic) bond motifs is 3. The highest BCUT2D eigenvalue weighted by molar-refractivity contribution is 6.25. The lowest BCUT2D eigenvalue weighted by Gasteiger charge is -2.50. The minimum atomic E-state index is -2.68. The lowest BCUT2D eigenvalue weighted by molar-refractivity contribution is -0.148. The normalized spacial score (nSPS) is 27.0. The monoisotopic (exact) mass is 631 g/mol. The molecule has 3 aliphatic carbocycles. The molecule has 0 unspecified atom stereocenters. The van der Waals surface area contributed by atoms with Crippen LogP contribution in [0.3, 0.4) is 0 Å². The molecule has 11 heteroatoms. The summed E-state index contributed by atoms with van der Waals surface area (Å²) in [5.74, 6) is -5.47. The van der Waals surface area contributed by atoms with Gasteiger partial charge in [-0.2, -0.15) is 0 Å². The van der Waals surface area contributed by atoms with Gasteiger partial charge in [-0.15, -0.1) is 0 Å². The number of hydrogen-bond acceptors (Lipinski definition) is 10. The fourth-order valence-corrected chi connectivity index (χ4v) is 8.05. The van der Waals surface area contributed by atoms with Crippen molar-refractivity contribution in [2.75, 3.05) is 34.3 Å². The number of benzene rings is 2. The Labute approximate surface area is 267 Å². The first-order valence-electron chi connectivity index (χ1n) is 15.7. The number of ketones is 2. The summed E-state index contributed by atoms with van der Waals surface area (Å²) in [6, 6.07) is 8.10. The molecule has 244 valence electrons. The Morgan fingerprint density at radius 1 is 1.09 bits per heavy atom. The maximum absolute atomic E-state index is 14.2. The van der Waals surface area contributed by atoms with E-state index in [9.17, 15) is 34.8 Å². The molecule has 0 bridgehead atoms. The standard InChI is InChI=1S/C35H41N3O8/c1-17-9-11-38(12-10-17)16-18-5-8-25(46-4)21(13-18)20-6-7-24(39)27-22(20)14-19-15-23-29(37(2)3)31(41)28(34(36)44)33(43)35(23,45)32(42)26(19)30(27)40/h5-8,13,17,19,23,29,39,41-42,45H,9-12,14-16H2,1-4H3,(H2,36,44)/t19-,23-,29-,35-/m0/s1. The Balaban J connectivity index is 1.46. The average Bonchev–Trinajstić information content (AvgIpc) is 3.00. The predicted octanol–water partition coefficient (Wildman–Crippen LogP) is 3.03. The van der Waals surface area contributed by atoms with Gasteiger partial charge in [-0.1, -0.05) is 19.1 Å². The number of amides is 1. The van der Waals surface area contributed by atoms with E-state index in [1.807, 2.05) is 18.2 Å². The first kappa shape index (κ1) is 31.8. The molecule has 1 aliphatic heterocycles. The number of primary amides is 1. The average molecular weight is 632 g/mol. The van der Waals surface area contributed by atoms with Gasteiger partial charge in [0.1, 0.15) is 28.6 Å². The van der Waals surface area contributed by atoms with E-state index in [1.54, 1.807) is 27.3 Å². The van der Waals surface area contributed by atoms with E-state index in [2.05, 4.69) is 11.8 Å². The van der Waals surface area contributed by atoms with E-state index in [0.29, 0.717) is 22.8 Å². The second-order valence-corrected chi connectivity index (χ2v) is 13.4. The summed E-state index contributed by atoms with van der Waals surface area (Å²) < 4.78 is 5.75. The number of piperidine rings is 1. The van der Waals surface area contributed by atoms with Crippen LogP contribution in [0.15, 0.2) is 53.0 Å². The number of ether oxygens (including phenoxy) is 1. The van der Waals surface area contributed by atoms with Crippen LogP contribution in [0.1, 0.15) is 47.7 Å². The van der Waals surface area contributed by atoms with Crippen molar-refractivity contribution in [1.29, 1.82) is 0 Å². The van der Waals surface area contributed by atoms with Crippen LogP contribution < -0.4 is 10.5 Å². The summed E-state index contributed by atoms with van der Waals surface area (Å²) in [6.07, 6.45) is 2.50. The molecule has 46 heavy (non-hydrogen) atoms. The summed E-state index contributed by atoms with van der Waals surface area (Å²) in [5, 5.41) is 45.5. The number of phenols is 1. The van der Waals surface area contributed by atoms with Crippen LogP contribution in [-0.4, -0.2) is 93.6 Å². The van der Waals surface area contributed by atoms with Gasteiger partial charge in [0.25, 0.3) is 5.91 Å². The number of nitrogens with zero attached hydrogens (tertiary/aromatic N) is 2. The first-order valence-corrected chi connectivity index (χ1v) is 15.7. The number of carbonyl (C=O) groups is 3. The van der Waals surface area contributed by atoms with Crippen molar-refractivity contribution >= 4 is 17.5 Å². The Kier molecular flexibility index (Phi) is 7.98. The van der Waals surface area contributed by atoms with Gasteiger partial charge in [-0.3, -0.25) is 24.2 Å². The molecule has 6 rings (SSSR count). The fraction of sp³-hybridized carbons (Fsp3) is 0.457. The van der Waals surface area contributed by atoms with E-state index in [-0.39, 0.29) is 29.7 Å². The summed E-state index contributed by atoms with van der Waals surface area (Å²) in [4.78, 5) is 43.9. The Hall–Kier alpha value is -4.19. The number of carbonyl (C=O) groups excluding carboxylic acids is 3. The summed E-state index contributed by atoms with van der Waals surface area (Å²) in [5.41, 5.74) is 4.78. The van der Waals surface area contributed by atoms with E-state index in [4.69, 9.17) is 10.5 Å². The number of rotatable bonds is 6. The van der Waals surface area contributed by atoms with Crippen LogP contribution in [0.2, 0.25) is 0 Å². The van der Waals surface area contributed by atoms with Gasteiger partial charge in [-0.25, -0.2) is 0 Å². The number of hydrogen-bond donors (Lipinski definition) is 5. The molecule has 1 saturated heterocycles. The smallest absolute Gasteiger partial charge is 0.255 e. The Bertz CT molecular complexity index is 1700. The quantitative estimate of drug-likeness (QED) is 0.298. The second kappa shape index (κ2) is 11.6. The topological polar surface area (TPSA) is 174 Å². The summed E-state index contributed by atoms with van der Waals surface area (Å²) >= 11 is 0. The van der Waals surface area contributed by atoms with Gasteiger partial charge < -0.3 is 30.9 Å². The molecule has 2 aromatic carbocycles. The molecule has 0 radical (unpaired) electrons. The molecule has 1 heterocycles. The highest BCUT2D eigenvalue weighted by Gasteiger charge is 2.63. The zero-order chi connectivity index (χ0) is 33.2. The number of Topliss-reactive ketones (excluding diaryl/α,β-unsaturated/α-hetero) is 2. The van der Waals surface area contributed by atoms with Crippen molar-refractivity contribution in [3.63, 3.8) is 0 Å². The number of likely N-dealkylation sites (tertiary alicyclic amines) is 1. The lowest BCUT2D eigenvalue weighted by atomic mass is 9.58.